The minimum absolute atomic E-state index is 0.437. The third-order valence-corrected chi connectivity index (χ3v) is 7.75. The molecule has 0 aliphatic heterocycles. The van der Waals surface area contributed by atoms with E-state index in [2.05, 4.69) is 8.37 Å². The maximum absolute atomic E-state index is 15.2. The van der Waals surface area contributed by atoms with Crippen molar-refractivity contribution >= 4 is 20.2 Å². The van der Waals surface area contributed by atoms with Crippen LogP contribution in [0, 0.1) is 13.8 Å². The fourth-order valence-electron chi connectivity index (χ4n) is 3.96. The minimum Gasteiger partial charge on any atom is -0.376 e. The predicted octanol–water partition coefficient (Wildman–Crippen LogP) is 6.66. The zero-order chi connectivity index (χ0) is 31.2. The molecule has 0 amide bonds. The third-order valence-electron chi connectivity index (χ3n) is 5.81. The molecule has 3 aromatic rings. The van der Waals surface area contributed by atoms with Crippen molar-refractivity contribution in [3.05, 3.63) is 94.5 Å². The van der Waals surface area contributed by atoms with Crippen molar-refractivity contribution in [2.24, 2.45) is 0 Å². The molecule has 0 saturated heterocycles. The summed E-state index contributed by atoms with van der Waals surface area (Å²) in [5.74, 6) is -1.82. The summed E-state index contributed by atoms with van der Waals surface area (Å²) in [6.07, 6.45) is -5.24. The second-order valence-corrected chi connectivity index (χ2v) is 11.6. The molecule has 3 aromatic carbocycles. The van der Waals surface area contributed by atoms with E-state index < -0.39 is 82.2 Å². The zero-order valence-corrected chi connectivity index (χ0v) is 22.2. The van der Waals surface area contributed by atoms with E-state index in [1.165, 1.54) is 18.2 Å². The van der Waals surface area contributed by atoms with Crippen LogP contribution >= 0.6 is 0 Å². The van der Waals surface area contributed by atoms with Gasteiger partial charge in [-0.3, -0.25) is 0 Å². The molecule has 0 N–H and O–H groups in total. The highest BCUT2D eigenvalue weighted by Crippen LogP contribution is 2.52. The molecule has 224 valence electrons. The molecule has 6 nitrogen and oxygen atoms in total. The van der Waals surface area contributed by atoms with Gasteiger partial charge in [-0.25, -0.2) is 0 Å². The number of halogens is 9. The van der Waals surface area contributed by atoms with Crippen molar-refractivity contribution in [3.63, 3.8) is 0 Å². The number of hydrogen-bond donors (Lipinski definition) is 0. The van der Waals surface area contributed by atoms with Crippen LogP contribution in [-0.4, -0.2) is 34.0 Å². The number of hydrogen-bond acceptors (Lipinski definition) is 6. The molecule has 0 unspecified atom stereocenters. The van der Waals surface area contributed by atoms with Gasteiger partial charge in [0.2, 0.25) is 0 Å². The van der Waals surface area contributed by atoms with Gasteiger partial charge in [0.25, 0.3) is 0 Å². The van der Waals surface area contributed by atoms with Crippen molar-refractivity contribution in [1.82, 2.24) is 0 Å². The van der Waals surface area contributed by atoms with Gasteiger partial charge in [-0.1, -0.05) is 54.6 Å². The van der Waals surface area contributed by atoms with Gasteiger partial charge < -0.3 is 8.37 Å². The van der Waals surface area contributed by atoms with E-state index in [0.29, 0.717) is 24.3 Å². The molecule has 41 heavy (non-hydrogen) atoms. The van der Waals surface area contributed by atoms with E-state index >= 15 is 13.2 Å². The lowest BCUT2D eigenvalue weighted by molar-refractivity contribution is -0.166. The number of rotatable bonds is 7. The van der Waals surface area contributed by atoms with Crippen LogP contribution in [0.2, 0.25) is 0 Å². The number of aryl methyl sites for hydroxylation is 2. The Balaban J connectivity index is 2.29. The third kappa shape index (κ3) is 5.95. The van der Waals surface area contributed by atoms with Gasteiger partial charge in [0.1, 0.15) is 16.9 Å². The highest BCUT2D eigenvalue weighted by molar-refractivity contribution is 7.88. The van der Waals surface area contributed by atoms with Gasteiger partial charge in [0.05, 0.1) is 0 Å². The second kappa shape index (κ2) is 10.4. The quantitative estimate of drug-likeness (QED) is 0.125. The SMILES string of the molecule is Cc1cc(C(c2ccccc2)(c2ccc(OS(=O)(=O)C(F)(F)F)c(C)c2)C(F)(F)F)ccc1OS(=O)(=O)C(F)(F)F. The van der Waals surface area contributed by atoms with Crippen LogP contribution in [0.3, 0.4) is 0 Å². The van der Waals surface area contributed by atoms with Crippen molar-refractivity contribution < 1.29 is 64.7 Å². The Morgan fingerprint density at radius 2 is 0.902 bits per heavy atom. The first-order chi connectivity index (χ1) is 18.5. The first-order valence-electron chi connectivity index (χ1n) is 10.9. The van der Waals surface area contributed by atoms with Gasteiger partial charge in [-0.05, 0) is 53.8 Å². The molecule has 0 heterocycles. The van der Waals surface area contributed by atoms with Crippen LogP contribution in [0.1, 0.15) is 27.8 Å². The smallest absolute Gasteiger partial charge is 0.376 e. The fourth-order valence-corrected chi connectivity index (χ4v) is 5.00. The van der Waals surface area contributed by atoms with Crippen LogP contribution in [-0.2, 0) is 25.7 Å². The first-order valence-corrected chi connectivity index (χ1v) is 13.7. The summed E-state index contributed by atoms with van der Waals surface area (Å²) in [5.41, 5.74) is -17.4. The molecule has 0 fully saturated rings. The van der Waals surface area contributed by atoms with Crippen LogP contribution in [0.4, 0.5) is 39.5 Å². The summed E-state index contributed by atoms with van der Waals surface area (Å²) in [4.78, 5) is 0. The molecule has 0 atom stereocenters. The summed E-state index contributed by atoms with van der Waals surface area (Å²) in [6, 6.07) is 10.1. The lowest BCUT2D eigenvalue weighted by atomic mass is 9.68. The topological polar surface area (TPSA) is 86.7 Å². The normalized spacial score (nSPS) is 13.6. The van der Waals surface area contributed by atoms with E-state index in [9.17, 15) is 43.2 Å². The summed E-state index contributed by atoms with van der Waals surface area (Å²) < 4.78 is 176. The largest absolute Gasteiger partial charge is 0.534 e. The summed E-state index contributed by atoms with van der Waals surface area (Å²) in [5, 5.41) is 0. The Kier molecular flexibility index (Phi) is 8.14. The lowest BCUT2D eigenvalue weighted by Crippen LogP contribution is -2.44. The minimum atomic E-state index is -6.16. The average molecular weight is 637 g/mol. The van der Waals surface area contributed by atoms with E-state index in [4.69, 9.17) is 0 Å². The Morgan fingerprint density at radius 1 is 0.537 bits per heavy atom. The summed E-state index contributed by atoms with van der Waals surface area (Å²) in [6.45, 7) is 2.00. The van der Waals surface area contributed by atoms with Crippen molar-refractivity contribution in [2.75, 3.05) is 0 Å². The maximum atomic E-state index is 15.2. The Morgan fingerprint density at radius 3 is 1.20 bits per heavy atom. The van der Waals surface area contributed by atoms with Crippen molar-refractivity contribution in [2.45, 2.75) is 36.5 Å². The highest BCUT2D eigenvalue weighted by atomic mass is 32.2. The van der Waals surface area contributed by atoms with E-state index in [1.54, 1.807) is 0 Å². The maximum Gasteiger partial charge on any atom is 0.534 e. The molecule has 0 bridgehead atoms. The van der Waals surface area contributed by atoms with Crippen LogP contribution in [0.15, 0.2) is 66.7 Å². The molecule has 0 aliphatic carbocycles. The number of benzene rings is 3. The van der Waals surface area contributed by atoms with E-state index in [0.717, 1.165) is 38.1 Å². The van der Waals surface area contributed by atoms with Crippen LogP contribution in [0.25, 0.3) is 0 Å². The molecular formula is C24H17F9O6S2. The molecular weight excluding hydrogens is 619 g/mol. The lowest BCUT2D eigenvalue weighted by Gasteiger charge is -2.38. The Bertz CT molecular complexity index is 1550. The fraction of sp³-hybridized carbons (Fsp3) is 0.250. The average Bonchev–Trinajstić information content (AvgIpc) is 2.81. The summed E-state index contributed by atoms with van der Waals surface area (Å²) >= 11 is 0. The molecule has 0 radical (unpaired) electrons. The van der Waals surface area contributed by atoms with Gasteiger partial charge in [-0.15, -0.1) is 0 Å². The van der Waals surface area contributed by atoms with Crippen molar-refractivity contribution in [1.29, 1.82) is 0 Å². The van der Waals surface area contributed by atoms with Gasteiger partial charge in [-0.2, -0.15) is 56.3 Å². The molecule has 17 heteroatoms. The van der Waals surface area contributed by atoms with Gasteiger partial charge in [0, 0.05) is 0 Å². The van der Waals surface area contributed by atoms with E-state index in [-0.39, 0.29) is 0 Å². The predicted molar refractivity (Wildman–Crippen MR) is 126 cm³/mol. The van der Waals surface area contributed by atoms with Crippen LogP contribution < -0.4 is 8.37 Å². The first kappa shape index (κ1) is 32.0. The Labute approximate surface area is 227 Å². The monoisotopic (exact) mass is 636 g/mol. The van der Waals surface area contributed by atoms with E-state index in [1.807, 2.05) is 0 Å². The Hall–Kier alpha value is -3.47. The standard InChI is InChI=1S/C24H17F9O6S2/c1-14-12-17(8-10-19(14)38-40(34,35)23(28,29)30)21(22(25,26)27,16-6-4-3-5-7-16)18-9-11-20(15(2)13-18)39-41(36,37)24(31,32)33/h3-13H,1-2H3. The van der Waals surface area contributed by atoms with Gasteiger partial charge >= 0.3 is 37.4 Å². The molecule has 0 aromatic heterocycles. The molecule has 0 saturated carbocycles. The van der Waals surface area contributed by atoms with Crippen molar-refractivity contribution in [3.8, 4) is 11.5 Å². The molecule has 0 spiro atoms. The molecule has 0 aliphatic rings. The number of alkyl halides is 9. The van der Waals surface area contributed by atoms with Crippen LogP contribution in [0.5, 0.6) is 11.5 Å². The molecule has 3 rings (SSSR count). The highest BCUT2D eigenvalue weighted by Gasteiger charge is 2.59. The zero-order valence-electron chi connectivity index (χ0n) is 20.5. The summed E-state index contributed by atoms with van der Waals surface area (Å²) in [7, 11) is -12.3. The second-order valence-electron chi connectivity index (χ2n) is 8.54. The van der Waals surface area contributed by atoms with Gasteiger partial charge in [0.15, 0.2) is 0 Å².